The standard InChI is InChI=1S/C16H22N2O2/c1-4-18-15(9-12(2)17-18)11-20-16-7-5-14(6-8-16)10-13(3)19/h5-9,13,19H,4,10-11H2,1-3H3. The molecule has 0 aliphatic rings. The van der Waals surface area contributed by atoms with Crippen LogP contribution in [0.3, 0.4) is 0 Å². The van der Waals surface area contributed by atoms with Gasteiger partial charge < -0.3 is 9.84 Å². The van der Waals surface area contributed by atoms with E-state index in [1.807, 2.05) is 41.9 Å². The first-order valence-electron chi connectivity index (χ1n) is 7.01. The molecule has 0 aliphatic heterocycles. The third-order valence-corrected chi connectivity index (χ3v) is 3.13. The van der Waals surface area contributed by atoms with Gasteiger partial charge in [-0.1, -0.05) is 12.1 Å². The van der Waals surface area contributed by atoms with Crippen molar-refractivity contribution in [2.45, 2.75) is 46.4 Å². The summed E-state index contributed by atoms with van der Waals surface area (Å²) in [6.07, 6.45) is 0.353. The second kappa shape index (κ2) is 6.57. The van der Waals surface area contributed by atoms with Crippen molar-refractivity contribution in [3.63, 3.8) is 0 Å². The Morgan fingerprint density at radius 3 is 2.60 bits per heavy atom. The molecule has 0 bridgehead atoms. The molecule has 0 fully saturated rings. The van der Waals surface area contributed by atoms with Gasteiger partial charge >= 0.3 is 0 Å². The zero-order valence-electron chi connectivity index (χ0n) is 12.3. The number of ether oxygens (including phenoxy) is 1. The quantitative estimate of drug-likeness (QED) is 0.881. The largest absolute Gasteiger partial charge is 0.487 e. The highest BCUT2D eigenvalue weighted by Crippen LogP contribution is 2.15. The topological polar surface area (TPSA) is 47.3 Å². The Hall–Kier alpha value is -1.81. The Morgan fingerprint density at radius 2 is 2.00 bits per heavy atom. The fraction of sp³-hybridized carbons (Fsp3) is 0.438. The van der Waals surface area contributed by atoms with E-state index in [4.69, 9.17) is 4.74 Å². The molecule has 1 unspecified atom stereocenters. The van der Waals surface area contributed by atoms with Gasteiger partial charge in [0, 0.05) is 6.54 Å². The molecule has 2 rings (SSSR count). The van der Waals surface area contributed by atoms with Crippen LogP contribution in [0.4, 0.5) is 0 Å². The highest BCUT2D eigenvalue weighted by Gasteiger charge is 2.05. The van der Waals surface area contributed by atoms with Crippen LogP contribution >= 0.6 is 0 Å². The molecule has 20 heavy (non-hydrogen) atoms. The Balaban J connectivity index is 1.96. The predicted molar refractivity (Wildman–Crippen MR) is 78.8 cm³/mol. The number of benzene rings is 1. The molecular weight excluding hydrogens is 252 g/mol. The third-order valence-electron chi connectivity index (χ3n) is 3.13. The van der Waals surface area contributed by atoms with Crippen molar-refractivity contribution in [3.8, 4) is 5.75 Å². The second-order valence-corrected chi connectivity index (χ2v) is 5.08. The zero-order valence-corrected chi connectivity index (χ0v) is 12.3. The summed E-state index contributed by atoms with van der Waals surface area (Å²) in [7, 11) is 0. The molecular formula is C16H22N2O2. The summed E-state index contributed by atoms with van der Waals surface area (Å²) in [6.45, 7) is 7.21. The first-order chi connectivity index (χ1) is 9.58. The van der Waals surface area contributed by atoms with Gasteiger partial charge in [-0.25, -0.2) is 0 Å². The Labute approximate surface area is 120 Å². The summed E-state index contributed by atoms with van der Waals surface area (Å²) in [5.41, 5.74) is 3.21. The fourth-order valence-electron chi connectivity index (χ4n) is 2.21. The molecule has 4 nitrogen and oxygen atoms in total. The van der Waals surface area contributed by atoms with Crippen molar-refractivity contribution in [1.82, 2.24) is 9.78 Å². The molecule has 1 heterocycles. The third kappa shape index (κ3) is 3.84. The van der Waals surface area contributed by atoms with Crippen molar-refractivity contribution in [3.05, 3.63) is 47.3 Å². The minimum Gasteiger partial charge on any atom is -0.487 e. The summed E-state index contributed by atoms with van der Waals surface area (Å²) in [4.78, 5) is 0. The minimum absolute atomic E-state index is 0.316. The van der Waals surface area contributed by atoms with E-state index in [9.17, 15) is 5.11 Å². The van der Waals surface area contributed by atoms with Crippen molar-refractivity contribution >= 4 is 0 Å². The van der Waals surface area contributed by atoms with Gasteiger partial charge in [0.25, 0.3) is 0 Å². The van der Waals surface area contributed by atoms with Gasteiger partial charge in [0.05, 0.1) is 17.5 Å². The summed E-state index contributed by atoms with van der Waals surface area (Å²) in [5.74, 6) is 0.834. The lowest BCUT2D eigenvalue weighted by Crippen LogP contribution is -2.06. The summed E-state index contributed by atoms with van der Waals surface area (Å²) < 4.78 is 7.74. The average molecular weight is 274 g/mol. The molecule has 1 aromatic carbocycles. The lowest BCUT2D eigenvalue weighted by atomic mass is 10.1. The van der Waals surface area contributed by atoms with Crippen LogP contribution < -0.4 is 4.74 Å². The number of aromatic nitrogens is 2. The van der Waals surface area contributed by atoms with E-state index in [0.717, 1.165) is 29.2 Å². The molecule has 1 aromatic heterocycles. The monoisotopic (exact) mass is 274 g/mol. The molecule has 0 spiro atoms. The summed E-state index contributed by atoms with van der Waals surface area (Å²) >= 11 is 0. The van der Waals surface area contributed by atoms with Gasteiger partial charge in [-0.15, -0.1) is 0 Å². The summed E-state index contributed by atoms with van der Waals surface area (Å²) in [5, 5.41) is 13.7. The van der Waals surface area contributed by atoms with Gasteiger partial charge in [0.15, 0.2) is 0 Å². The van der Waals surface area contributed by atoms with E-state index in [1.165, 1.54) is 0 Å². The normalized spacial score (nSPS) is 12.4. The molecule has 0 saturated carbocycles. The Bertz CT molecular complexity index is 544. The van der Waals surface area contributed by atoms with Crippen LogP contribution in [0.2, 0.25) is 0 Å². The van der Waals surface area contributed by atoms with Gasteiger partial charge in [-0.05, 0) is 51.0 Å². The van der Waals surface area contributed by atoms with E-state index in [-0.39, 0.29) is 6.10 Å². The highest BCUT2D eigenvalue weighted by atomic mass is 16.5. The van der Waals surface area contributed by atoms with E-state index >= 15 is 0 Å². The van der Waals surface area contributed by atoms with E-state index < -0.39 is 0 Å². The SMILES string of the molecule is CCn1nc(C)cc1COc1ccc(CC(C)O)cc1. The lowest BCUT2D eigenvalue weighted by Gasteiger charge is -2.09. The number of aryl methyl sites for hydroxylation is 2. The molecule has 0 aliphatic carbocycles. The van der Waals surface area contributed by atoms with E-state index in [2.05, 4.69) is 12.0 Å². The number of aliphatic hydroxyl groups is 1. The lowest BCUT2D eigenvalue weighted by molar-refractivity contribution is 0.195. The maximum atomic E-state index is 9.35. The molecule has 0 saturated heterocycles. The van der Waals surface area contributed by atoms with Crippen LogP contribution in [-0.2, 0) is 19.6 Å². The summed E-state index contributed by atoms with van der Waals surface area (Å²) in [6, 6.07) is 9.91. The van der Waals surface area contributed by atoms with Crippen LogP contribution in [0.25, 0.3) is 0 Å². The van der Waals surface area contributed by atoms with Crippen molar-refractivity contribution in [2.24, 2.45) is 0 Å². The Kier molecular flexibility index (Phi) is 4.79. The predicted octanol–water partition coefficient (Wildman–Crippen LogP) is 2.71. The second-order valence-electron chi connectivity index (χ2n) is 5.08. The van der Waals surface area contributed by atoms with Gasteiger partial charge in [0.1, 0.15) is 12.4 Å². The number of nitrogens with zero attached hydrogens (tertiary/aromatic N) is 2. The molecule has 0 radical (unpaired) electrons. The maximum Gasteiger partial charge on any atom is 0.130 e. The van der Waals surface area contributed by atoms with Crippen LogP contribution in [-0.4, -0.2) is 21.0 Å². The number of hydrogen-bond donors (Lipinski definition) is 1. The first-order valence-corrected chi connectivity index (χ1v) is 7.01. The molecule has 108 valence electrons. The zero-order chi connectivity index (χ0) is 14.5. The van der Waals surface area contributed by atoms with E-state index in [0.29, 0.717) is 13.0 Å². The van der Waals surface area contributed by atoms with Gasteiger partial charge in [-0.3, -0.25) is 4.68 Å². The maximum absolute atomic E-state index is 9.35. The van der Waals surface area contributed by atoms with Crippen molar-refractivity contribution < 1.29 is 9.84 Å². The van der Waals surface area contributed by atoms with Crippen LogP contribution in [0.5, 0.6) is 5.75 Å². The van der Waals surface area contributed by atoms with E-state index in [1.54, 1.807) is 6.92 Å². The van der Waals surface area contributed by atoms with Crippen LogP contribution in [0.15, 0.2) is 30.3 Å². The molecule has 0 amide bonds. The fourth-order valence-corrected chi connectivity index (χ4v) is 2.21. The highest BCUT2D eigenvalue weighted by molar-refractivity contribution is 5.27. The number of hydrogen-bond acceptors (Lipinski definition) is 3. The number of rotatable bonds is 6. The molecule has 2 aromatic rings. The minimum atomic E-state index is -0.316. The van der Waals surface area contributed by atoms with Crippen LogP contribution in [0.1, 0.15) is 30.8 Å². The number of aliphatic hydroxyl groups excluding tert-OH is 1. The smallest absolute Gasteiger partial charge is 0.130 e. The molecule has 1 N–H and O–H groups in total. The van der Waals surface area contributed by atoms with Gasteiger partial charge in [-0.2, -0.15) is 5.10 Å². The first kappa shape index (κ1) is 14.6. The molecule has 4 heteroatoms. The molecule has 1 atom stereocenters. The Morgan fingerprint density at radius 1 is 1.30 bits per heavy atom. The van der Waals surface area contributed by atoms with Crippen molar-refractivity contribution in [1.29, 1.82) is 0 Å². The van der Waals surface area contributed by atoms with Crippen LogP contribution in [0, 0.1) is 6.92 Å². The van der Waals surface area contributed by atoms with Crippen molar-refractivity contribution in [2.75, 3.05) is 0 Å². The van der Waals surface area contributed by atoms with Gasteiger partial charge in [0.2, 0.25) is 0 Å². The average Bonchev–Trinajstić information content (AvgIpc) is 2.78.